The summed E-state index contributed by atoms with van der Waals surface area (Å²) < 4.78 is 0. The van der Waals surface area contributed by atoms with Gasteiger partial charge in [-0.25, -0.2) is 0 Å². The van der Waals surface area contributed by atoms with Crippen molar-refractivity contribution < 1.29 is 4.79 Å². The number of nitrogens with one attached hydrogen (secondary N) is 1. The Morgan fingerprint density at radius 2 is 2.07 bits per heavy atom. The molecule has 0 aromatic heterocycles. The van der Waals surface area contributed by atoms with Gasteiger partial charge in [0.2, 0.25) is 5.91 Å². The van der Waals surface area contributed by atoms with Crippen molar-refractivity contribution in [3.05, 3.63) is 12.2 Å². The van der Waals surface area contributed by atoms with Gasteiger partial charge < -0.3 is 10.2 Å². The first-order valence-corrected chi connectivity index (χ1v) is 5.99. The third-order valence-electron chi connectivity index (χ3n) is 3.31. The van der Waals surface area contributed by atoms with Crippen LogP contribution in [0.15, 0.2) is 12.2 Å². The molecule has 15 heavy (non-hydrogen) atoms. The number of hydrogen-bond donors (Lipinski definition) is 1. The summed E-state index contributed by atoms with van der Waals surface area (Å²) in [5.74, 6) is 0.602. The van der Waals surface area contributed by atoms with Crippen LogP contribution in [0.5, 0.6) is 0 Å². The van der Waals surface area contributed by atoms with Crippen molar-refractivity contribution in [3.63, 3.8) is 0 Å². The van der Waals surface area contributed by atoms with Gasteiger partial charge in [-0.3, -0.25) is 4.79 Å². The molecular weight excluding hydrogens is 188 g/mol. The maximum atomic E-state index is 12.2. The quantitative estimate of drug-likeness (QED) is 0.703. The highest BCUT2D eigenvalue weighted by atomic mass is 16.2. The molecule has 2 aliphatic rings. The third kappa shape index (κ3) is 2.23. The van der Waals surface area contributed by atoms with E-state index >= 15 is 0 Å². The van der Waals surface area contributed by atoms with Gasteiger partial charge in [0.1, 0.15) is 0 Å². The van der Waals surface area contributed by atoms with Crippen molar-refractivity contribution in [2.45, 2.75) is 32.2 Å². The van der Waals surface area contributed by atoms with E-state index in [-0.39, 0.29) is 5.92 Å². The van der Waals surface area contributed by atoms with Crippen molar-refractivity contribution >= 4 is 5.91 Å². The van der Waals surface area contributed by atoms with Crippen LogP contribution in [0.25, 0.3) is 0 Å². The summed E-state index contributed by atoms with van der Waals surface area (Å²) in [7, 11) is 0. The standard InChI is InChI=1S/C12H20N2O/c1-2-7-14(11-8-13-9-11)12(15)10-5-3-4-6-10/h3-4,10-11,13H,2,5-9H2,1H3. The normalized spacial score (nSPS) is 21.7. The fourth-order valence-electron chi connectivity index (χ4n) is 2.26. The first kappa shape index (κ1) is 10.7. The van der Waals surface area contributed by atoms with Crippen LogP contribution in [0.3, 0.4) is 0 Å². The minimum absolute atomic E-state index is 0.233. The first-order chi connectivity index (χ1) is 7.33. The van der Waals surface area contributed by atoms with Crippen LogP contribution in [-0.2, 0) is 4.79 Å². The van der Waals surface area contributed by atoms with Crippen molar-refractivity contribution in [3.8, 4) is 0 Å². The minimum atomic E-state index is 0.233. The van der Waals surface area contributed by atoms with E-state index in [9.17, 15) is 4.79 Å². The van der Waals surface area contributed by atoms with E-state index in [0.29, 0.717) is 11.9 Å². The van der Waals surface area contributed by atoms with E-state index in [1.807, 2.05) is 0 Å². The van der Waals surface area contributed by atoms with Crippen LogP contribution in [0, 0.1) is 5.92 Å². The molecule has 0 unspecified atom stereocenters. The number of carbonyl (C=O) groups is 1. The third-order valence-corrected chi connectivity index (χ3v) is 3.31. The van der Waals surface area contributed by atoms with Crippen molar-refractivity contribution in [1.82, 2.24) is 10.2 Å². The maximum Gasteiger partial charge on any atom is 0.226 e. The average Bonchev–Trinajstić information content (AvgIpc) is 2.66. The Balaban J connectivity index is 1.93. The molecule has 84 valence electrons. The zero-order chi connectivity index (χ0) is 10.7. The van der Waals surface area contributed by atoms with Crippen LogP contribution in [-0.4, -0.2) is 36.5 Å². The Hall–Kier alpha value is -0.830. The number of amides is 1. The van der Waals surface area contributed by atoms with Gasteiger partial charge in [0.05, 0.1) is 6.04 Å². The van der Waals surface area contributed by atoms with Crippen LogP contribution in [0.2, 0.25) is 0 Å². The lowest BCUT2D eigenvalue weighted by Crippen LogP contribution is -2.59. The van der Waals surface area contributed by atoms with E-state index in [0.717, 1.165) is 38.9 Å². The molecule has 1 N–H and O–H groups in total. The molecular formula is C12H20N2O. The maximum absolute atomic E-state index is 12.2. The summed E-state index contributed by atoms with van der Waals surface area (Å²) in [6.45, 7) is 5.01. The van der Waals surface area contributed by atoms with Crippen LogP contribution >= 0.6 is 0 Å². The van der Waals surface area contributed by atoms with E-state index in [1.54, 1.807) is 0 Å². The highest BCUT2D eigenvalue weighted by Gasteiger charge is 2.32. The molecule has 0 radical (unpaired) electrons. The minimum Gasteiger partial charge on any atom is -0.337 e. The number of hydrogen-bond acceptors (Lipinski definition) is 2. The molecule has 1 fully saturated rings. The summed E-state index contributed by atoms with van der Waals surface area (Å²) in [4.78, 5) is 14.3. The van der Waals surface area contributed by atoms with Crippen molar-refractivity contribution in [2.75, 3.05) is 19.6 Å². The molecule has 0 aromatic rings. The molecule has 0 atom stereocenters. The average molecular weight is 208 g/mol. The van der Waals surface area contributed by atoms with Crippen molar-refractivity contribution in [1.29, 1.82) is 0 Å². The molecule has 0 spiro atoms. The zero-order valence-corrected chi connectivity index (χ0v) is 9.41. The fraction of sp³-hybridized carbons (Fsp3) is 0.750. The SMILES string of the molecule is CCCN(C(=O)C1CC=CC1)C1CNC1. The van der Waals surface area contributed by atoms with E-state index in [4.69, 9.17) is 0 Å². The summed E-state index contributed by atoms with van der Waals surface area (Å²) in [5.41, 5.74) is 0. The summed E-state index contributed by atoms with van der Waals surface area (Å²) in [6, 6.07) is 0.457. The highest BCUT2D eigenvalue weighted by Crippen LogP contribution is 2.22. The van der Waals surface area contributed by atoms with Gasteiger partial charge in [0.15, 0.2) is 0 Å². The smallest absolute Gasteiger partial charge is 0.226 e. The molecule has 0 bridgehead atoms. The second-order valence-electron chi connectivity index (χ2n) is 4.48. The van der Waals surface area contributed by atoms with E-state index < -0.39 is 0 Å². The molecule has 1 amide bonds. The summed E-state index contributed by atoms with van der Waals surface area (Å²) in [5, 5.41) is 3.24. The van der Waals surface area contributed by atoms with Gasteiger partial charge >= 0.3 is 0 Å². The van der Waals surface area contributed by atoms with Crippen molar-refractivity contribution in [2.24, 2.45) is 5.92 Å². The lowest BCUT2D eigenvalue weighted by molar-refractivity contribution is -0.138. The Morgan fingerprint density at radius 3 is 2.53 bits per heavy atom. The molecule has 2 rings (SSSR count). The van der Waals surface area contributed by atoms with Gasteiger partial charge in [-0.15, -0.1) is 0 Å². The molecule has 0 aromatic carbocycles. The molecule has 1 aliphatic heterocycles. The second kappa shape index (κ2) is 4.79. The van der Waals surface area contributed by atoms with Gasteiger partial charge in [-0.2, -0.15) is 0 Å². The first-order valence-electron chi connectivity index (χ1n) is 5.99. The predicted molar refractivity (Wildman–Crippen MR) is 60.5 cm³/mol. The monoisotopic (exact) mass is 208 g/mol. The number of rotatable bonds is 4. The van der Waals surface area contributed by atoms with Crippen LogP contribution < -0.4 is 5.32 Å². The Morgan fingerprint density at radius 1 is 1.40 bits per heavy atom. The topological polar surface area (TPSA) is 32.3 Å². The zero-order valence-electron chi connectivity index (χ0n) is 9.41. The summed E-state index contributed by atoms with van der Waals surface area (Å²) >= 11 is 0. The molecule has 3 heteroatoms. The largest absolute Gasteiger partial charge is 0.337 e. The summed E-state index contributed by atoms with van der Waals surface area (Å²) in [6.07, 6.45) is 7.21. The van der Waals surface area contributed by atoms with Crippen LogP contribution in [0.1, 0.15) is 26.2 Å². The van der Waals surface area contributed by atoms with Gasteiger partial charge in [-0.05, 0) is 19.3 Å². The Labute approximate surface area is 91.5 Å². The highest BCUT2D eigenvalue weighted by molar-refractivity contribution is 5.80. The van der Waals surface area contributed by atoms with Crippen LogP contribution in [0.4, 0.5) is 0 Å². The molecule has 1 saturated heterocycles. The number of allylic oxidation sites excluding steroid dienone is 2. The number of nitrogens with zero attached hydrogens (tertiary/aromatic N) is 1. The number of carbonyl (C=O) groups excluding carboxylic acids is 1. The Kier molecular flexibility index (Phi) is 3.41. The van der Waals surface area contributed by atoms with Gasteiger partial charge in [0.25, 0.3) is 0 Å². The van der Waals surface area contributed by atoms with E-state index in [2.05, 4.69) is 29.3 Å². The Bertz CT molecular complexity index is 250. The van der Waals surface area contributed by atoms with E-state index in [1.165, 1.54) is 0 Å². The van der Waals surface area contributed by atoms with Gasteiger partial charge in [0, 0.05) is 25.6 Å². The molecule has 1 aliphatic carbocycles. The van der Waals surface area contributed by atoms with Gasteiger partial charge in [-0.1, -0.05) is 19.1 Å². The second-order valence-corrected chi connectivity index (χ2v) is 4.48. The predicted octanol–water partition coefficient (Wildman–Crippen LogP) is 1.16. The molecule has 0 saturated carbocycles. The fourth-order valence-corrected chi connectivity index (χ4v) is 2.26. The lowest BCUT2D eigenvalue weighted by Gasteiger charge is -2.39. The molecule has 3 nitrogen and oxygen atoms in total. The lowest BCUT2D eigenvalue weighted by atomic mass is 10.0. The molecule has 1 heterocycles.